The van der Waals surface area contributed by atoms with Crippen molar-refractivity contribution in [1.29, 1.82) is 0 Å². The molecule has 1 aliphatic heterocycles. The molecule has 6 nitrogen and oxygen atoms in total. The monoisotopic (exact) mass is 319 g/mol. The summed E-state index contributed by atoms with van der Waals surface area (Å²) >= 11 is 0. The van der Waals surface area contributed by atoms with E-state index in [0.29, 0.717) is 11.1 Å². The number of nitrogens with zero attached hydrogens (tertiary/aromatic N) is 1. The number of fused-ring (bicyclic) bond motifs is 1. The van der Waals surface area contributed by atoms with Gasteiger partial charge in [0.15, 0.2) is 19.1 Å². The summed E-state index contributed by atoms with van der Waals surface area (Å²) in [6, 6.07) is 10.3. The van der Waals surface area contributed by atoms with Crippen LogP contribution in [0.5, 0.6) is 5.75 Å². The first-order chi connectivity index (χ1) is 11.0. The Labute approximate surface area is 131 Å². The molecule has 2 atom stereocenters. The highest BCUT2D eigenvalue weighted by Crippen LogP contribution is 2.43. The Bertz CT molecular complexity index is 722. The van der Waals surface area contributed by atoms with Gasteiger partial charge in [-0.25, -0.2) is 9.18 Å². The van der Waals surface area contributed by atoms with Crippen molar-refractivity contribution < 1.29 is 29.2 Å². The normalized spacial score (nSPS) is 19.5. The summed E-state index contributed by atoms with van der Waals surface area (Å²) in [6.07, 6.45) is -2.43. The molecule has 0 aliphatic carbocycles. The lowest BCUT2D eigenvalue weighted by Gasteiger charge is -2.27. The number of carbonyl (C=O) groups is 1. The van der Waals surface area contributed by atoms with Gasteiger partial charge in [0.05, 0.1) is 5.69 Å². The number of benzene rings is 2. The van der Waals surface area contributed by atoms with Gasteiger partial charge in [0.25, 0.3) is 0 Å². The highest BCUT2D eigenvalue weighted by molar-refractivity contribution is 5.68. The minimum Gasteiger partial charge on any atom is -0.482 e. The zero-order valence-corrected chi connectivity index (χ0v) is 11.9. The van der Waals surface area contributed by atoms with Gasteiger partial charge in [0.1, 0.15) is 11.6 Å². The zero-order chi connectivity index (χ0) is 16.6. The molecule has 0 fully saturated rings. The Morgan fingerprint density at radius 2 is 1.74 bits per heavy atom. The van der Waals surface area contributed by atoms with Gasteiger partial charge >= 0.3 is 5.97 Å². The molecule has 2 unspecified atom stereocenters. The number of hydrogen-bond acceptors (Lipinski definition) is 5. The number of carboxylic acids is 1. The fourth-order valence-corrected chi connectivity index (χ4v) is 2.60. The lowest BCUT2D eigenvalue weighted by atomic mass is 10.1. The average molecular weight is 319 g/mol. The number of rotatable bonds is 4. The highest BCUT2D eigenvalue weighted by Gasteiger charge is 2.37. The standard InChI is InChI=1S/C16H14FNO5/c17-12-6-5-9(23-8-14(19)20)7-13(12)18-15(21)10-3-1-2-4-11(10)16(18)22/h1-7,15-16,21-22H,8H2,(H,19,20). The van der Waals surface area contributed by atoms with Gasteiger partial charge in [-0.2, -0.15) is 0 Å². The van der Waals surface area contributed by atoms with Crippen molar-refractivity contribution in [1.82, 2.24) is 0 Å². The minimum atomic E-state index is -1.22. The van der Waals surface area contributed by atoms with E-state index in [9.17, 15) is 19.4 Å². The number of aliphatic hydroxyl groups is 2. The molecule has 23 heavy (non-hydrogen) atoms. The van der Waals surface area contributed by atoms with Gasteiger partial charge in [0, 0.05) is 17.2 Å². The van der Waals surface area contributed by atoms with Gasteiger partial charge in [0.2, 0.25) is 0 Å². The molecule has 0 radical (unpaired) electrons. The van der Waals surface area contributed by atoms with E-state index in [1.54, 1.807) is 24.3 Å². The van der Waals surface area contributed by atoms with Crippen LogP contribution in [0.15, 0.2) is 42.5 Å². The van der Waals surface area contributed by atoms with Gasteiger partial charge < -0.3 is 25.0 Å². The van der Waals surface area contributed by atoms with Gasteiger partial charge in [-0.3, -0.25) is 0 Å². The molecule has 3 N–H and O–H groups in total. The average Bonchev–Trinajstić information content (AvgIpc) is 2.79. The Hall–Kier alpha value is -2.64. The molecule has 2 aromatic carbocycles. The van der Waals surface area contributed by atoms with Crippen LogP contribution in [0.1, 0.15) is 23.6 Å². The molecule has 0 amide bonds. The van der Waals surface area contributed by atoms with Gasteiger partial charge in [-0.1, -0.05) is 24.3 Å². The van der Waals surface area contributed by atoms with Crippen LogP contribution in [0.4, 0.5) is 10.1 Å². The second kappa shape index (κ2) is 5.86. The molecule has 120 valence electrons. The summed E-state index contributed by atoms with van der Waals surface area (Å²) in [4.78, 5) is 11.6. The number of ether oxygens (including phenoxy) is 1. The molecule has 0 spiro atoms. The van der Waals surface area contributed by atoms with Crippen molar-refractivity contribution >= 4 is 11.7 Å². The molecule has 1 aliphatic rings. The molecular formula is C16H14FNO5. The summed E-state index contributed by atoms with van der Waals surface area (Å²) in [5.74, 6) is -1.71. The summed E-state index contributed by atoms with van der Waals surface area (Å²) in [5.41, 5.74) is 0.886. The van der Waals surface area contributed by atoms with Crippen molar-refractivity contribution in [3.8, 4) is 5.75 Å². The van der Waals surface area contributed by atoms with E-state index >= 15 is 0 Å². The Kier molecular flexibility index (Phi) is 3.89. The van der Waals surface area contributed by atoms with Crippen LogP contribution in [0, 0.1) is 5.82 Å². The third-order valence-corrected chi connectivity index (χ3v) is 3.64. The van der Waals surface area contributed by atoms with E-state index in [0.717, 1.165) is 11.0 Å². The smallest absolute Gasteiger partial charge is 0.341 e. The maximum absolute atomic E-state index is 14.2. The molecule has 1 heterocycles. The third-order valence-electron chi connectivity index (χ3n) is 3.64. The molecule has 0 bridgehead atoms. The second-order valence-corrected chi connectivity index (χ2v) is 5.08. The Balaban J connectivity index is 1.96. The van der Waals surface area contributed by atoms with Crippen molar-refractivity contribution in [2.24, 2.45) is 0 Å². The number of halogens is 1. The van der Waals surface area contributed by atoms with Crippen molar-refractivity contribution in [3.05, 3.63) is 59.4 Å². The fourth-order valence-electron chi connectivity index (χ4n) is 2.60. The number of aliphatic hydroxyl groups excluding tert-OH is 2. The van der Waals surface area contributed by atoms with E-state index in [1.807, 2.05) is 0 Å². The largest absolute Gasteiger partial charge is 0.482 e. The molecule has 2 aromatic rings. The summed E-state index contributed by atoms with van der Waals surface area (Å²) in [6.45, 7) is -0.573. The molecule has 0 saturated carbocycles. The van der Waals surface area contributed by atoms with Crippen molar-refractivity contribution in [2.75, 3.05) is 11.5 Å². The first-order valence-corrected chi connectivity index (χ1v) is 6.86. The summed E-state index contributed by atoms with van der Waals surface area (Å²) in [7, 11) is 0. The topological polar surface area (TPSA) is 90.2 Å². The summed E-state index contributed by atoms with van der Waals surface area (Å²) in [5, 5.41) is 29.3. The van der Waals surface area contributed by atoms with E-state index in [2.05, 4.69) is 0 Å². The Morgan fingerprint density at radius 3 is 2.30 bits per heavy atom. The number of hydrogen-bond donors (Lipinski definition) is 3. The zero-order valence-electron chi connectivity index (χ0n) is 11.9. The van der Waals surface area contributed by atoms with Crippen LogP contribution < -0.4 is 9.64 Å². The van der Waals surface area contributed by atoms with Crippen molar-refractivity contribution in [2.45, 2.75) is 12.5 Å². The van der Waals surface area contributed by atoms with Gasteiger partial charge in [-0.15, -0.1) is 0 Å². The SMILES string of the molecule is O=C(O)COc1ccc(F)c(N2C(O)c3ccccc3C2O)c1. The lowest BCUT2D eigenvalue weighted by molar-refractivity contribution is -0.139. The predicted octanol–water partition coefficient (Wildman–Crippen LogP) is 1.79. The molecular weight excluding hydrogens is 305 g/mol. The molecule has 7 heteroatoms. The van der Waals surface area contributed by atoms with E-state index in [1.165, 1.54) is 12.1 Å². The van der Waals surface area contributed by atoms with Crippen LogP contribution >= 0.6 is 0 Å². The number of carboxylic acid groups (broad SMARTS) is 1. The van der Waals surface area contributed by atoms with Crippen LogP contribution in [0.2, 0.25) is 0 Å². The van der Waals surface area contributed by atoms with Crippen LogP contribution in [-0.4, -0.2) is 27.9 Å². The number of aliphatic carboxylic acids is 1. The van der Waals surface area contributed by atoms with Crippen LogP contribution in [-0.2, 0) is 4.79 Å². The molecule has 0 saturated heterocycles. The third kappa shape index (κ3) is 2.71. The maximum Gasteiger partial charge on any atom is 0.341 e. The van der Waals surface area contributed by atoms with E-state index in [-0.39, 0.29) is 11.4 Å². The van der Waals surface area contributed by atoms with Crippen molar-refractivity contribution in [3.63, 3.8) is 0 Å². The minimum absolute atomic E-state index is 0.0795. The lowest BCUT2D eigenvalue weighted by Crippen LogP contribution is -2.26. The van der Waals surface area contributed by atoms with E-state index in [4.69, 9.17) is 9.84 Å². The Morgan fingerprint density at radius 1 is 1.13 bits per heavy atom. The number of anilines is 1. The highest BCUT2D eigenvalue weighted by atomic mass is 19.1. The van der Waals surface area contributed by atoms with Gasteiger partial charge in [-0.05, 0) is 12.1 Å². The maximum atomic E-state index is 14.2. The quantitative estimate of drug-likeness (QED) is 0.796. The molecule has 0 aromatic heterocycles. The van der Waals surface area contributed by atoms with Crippen LogP contribution in [0.3, 0.4) is 0 Å². The first kappa shape index (κ1) is 15.3. The summed E-state index contributed by atoms with van der Waals surface area (Å²) < 4.78 is 19.2. The van der Waals surface area contributed by atoms with E-state index < -0.39 is 30.8 Å². The first-order valence-electron chi connectivity index (χ1n) is 6.86. The fraction of sp³-hybridized carbons (Fsp3) is 0.188. The molecule has 3 rings (SSSR count). The van der Waals surface area contributed by atoms with Crippen LogP contribution in [0.25, 0.3) is 0 Å². The second-order valence-electron chi connectivity index (χ2n) is 5.08. The predicted molar refractivity (Wildman–Crippen MR) is 78.4 cm³/mol.